The van der Waals surface area contributed by atoms with Crippen molar-refractivity contribution in [2.75, 3.05) is 33.8 Å². The third-order valence-corrected chi connectivity index (χ3v) is 8.69. The molecule has 39 heavy (non-hydrogen) atoms. The maximum atomic E-state index is 14.0. The Kier molecular flexibility index (Phi) is 6.39. The Hall–Kier alpha value is -3.29. The normalized spacial score (nSPS) is 34.6. The molecule has 6 atom stereocenters. The Bertz CT molecular complexity index is 1340. The van der Waals surface area contributed by atoms with Crippen molar-refractivity contribution in [2.24, 2.45) is 17.6 Å². The number of carbonyl (C=O) groups is 3. The third-order valence-electron chi connectivity index (χ3n) is 8.69. The summed E-state index contributed by atoms with van der Waals surface area (Å²) in [4.78, 5) is 40.7. The minimum Gasteiger partial charge on any atom is -0.508 e. The SMILES string of the molecule is CN(C)C1C(=O)C(C(N)=O)=C(O)C2(O)C(=O)C3=C(O)c4c(ccc(CC5CNCCO5)c4O)C(C)(O)C3CC12. The topological polar surface area (TPSA) is 203 Å². The van der Waals surface area contributed by atoms with Gasteiger partial charge in [-0.05, 0) is 38.6 Å². The summed E-state index contributed by atoms with van der Waals surface area (Å²) in [7, 11) is 3.02. The number of rotatable bonds is 4. The second kappa shape index (κ2) is 9.14. The quantitative estimate of drug-likeness (QED) is 0.233. The number of benzene rings is 1. The minimum absolute atomic E-state index is 0.164. The zero-order chi connectivity index (χ0) is 28.6. The maximum absolute atomic E-state index is 14.0. The number of aliphatic hydroxyl groups excluding tert-OH is 2. The standard InChI is InChI=1S/C27H33N3O9/c1-26(37)13-5-4-11(8-12-10-29-6-7-39-12)20(31)16(13)21(32)17-14(26)9-15-19(30(2)3)22(33)18(25(28)36)24(35)27(15,38)23(17)34/h4-5,12,14-15,19,29,31-32,35,37-38H,6-10H2,1-3H3,(H2,28,36). The Balaban J connectivity index is 1.69. The van der Waals surface area contributed by atoms with Gasteiger partial charge in [-0.1, -0.05) is 12.1 Å². The first-order chi connectivity index (χ1) is 18.2. The van der Waals surface area contributed by atoms with Crippen molar-refractivity contribution in [1.82, 2.24) is 10.2 Å². The number of nitrogens with two attached hydrogens (primary N) is 1. The number of ketones is 2. The van der Waals surface area contributed by atoms with Crippen LogP contribution in [0.1, 0.15) is 30.0 Å². The Morgan fingerprint density at radius 2 is 1.90 bits per heavy atom. The number of likely N-dealkylation sites (N-methyl/N-ethyl adjacent to an activating group) is 1. The molecule has 12 nitrogen and oxygen atoms in total. The van der Waals surface area contributed by atoms with E-state index in [1.165, 1.54) is 25.9 Å². The molecule has 1 saturated heterocycles. The van der Waals surface area contributed by atoms with Gasteiger partial charge in [-0.2, -0.15) is 0 Å². The fraction of sp³-hybridized carbons (Fsp3) is 0.519. The van der Waals surface area contributed by atoms with Gasteiger partial charge in [0.1, 0.15) is 22.8 Å². The summed E-state index contributed by atoms with van der Waals surface area (Å²) in [6.45, 7) is 3.18. The van der Waals surface area contributed by atoms with Crippen LogP contribution in [0.25, 0.3) is 5.76 Å². The number of nitrogens with one attached hydrogen (secondary N) is 1. The largest absolute Gasteiger partial charge is 0.508 e. The molecule has 1 saturated carbocycles. The highest BCUT2D eigenvalue weighted by Crippen LogP contribution is 2.57. The van der Waals surface area contributed by atoms with Gasteiger partial charge in [0.05, 0.1) is 29.9 Å². The van der Waals surface area contributed by atoms with Crippen molar-refractivity contribution in [3.8, 4) is 5.75 Å². The lowest BCUT2D eigenvalue weighted by Gasteiger charge is -2.53. The summed E-state index contributed by atoms with van der Waals surface area (Å²) in [6, 6.07) is 1.95. The predicted molar refractivity (Wildman–Crippen MR) is 136 cm³/mol. The zero-order valence-electron chi connectivity index (χ0n) is 21.9. The molecule has 5 rings (SSSR count). The maximum Gasteiger partial charge on any atom is 0.255 e. The molecular formula is C27H33N3O9. The van der Waals surface area contributed by atoms with Gasteiger partial charge in [-0.3, -0.25) is 19.3 Å². The third kappa shape index (κ3) is 3.74. The number of aliphatic hydroxyl groups is 4. The number of carbonyl (C=O) groups excluding carboxylic acids is 3. The van der Waals surface area contributed by atoms with Crippen molar-refractivity contribution in [1.29, 1.82) is 0 Å². The van der Waals surface area contributed by atoms with Crippen LogP contribution in [0, 0.1) is 11.8 Å². The van der Waals surface area contributed by atoms with E-state index < -0.39 is 69.2 Å². The van der Waals surface area contributed by atoms with E-state index >= 15 is 0 Å². The lowest BCUT2D eigenvalue weighted by Crippen LogP contribution is -2.67. The van der Waals surface area contributed by atoms with Gasteiger partial charge in [0, 0.05) is 36.9 Å². The minimum atomic E-state index is -2.78. The molecule has 1 aromatic rings. The average molecular weight is 544 g/mol. The number of aromatic hydroxyl groups is 1. The molecule has 6 unspecified atom stereocenters. The molecule has 2 fully saturated rings. The van der Waals surface area contributed by atoms with Crippen LogP contribution in [-0.4, -0.2) is 99.4 Å². The molecular weight excluding hydrogens is 510 g/mol. The summed E-state index contributed by atoms with van der Waals surface area (Å²) in [5, 5.41) is 60.3. The molecule has 4 aliphatic rings. The van der Waals surface area contributed by atoms with Gasteiger partial charge in [0.2, 0.25) is 5.78 Å². The lowest BCUT2D eigenvalue weighted by atomic mass is 9.54. The van der Waals surface area contributed by atoms with Crippen LogP contribution in [-0.2, 0) is 31.1 Å². The number of nitrogens with zero attached hydrogens (tertiary/aromatic N) is 1. The number of amides is 1. The zero-order valence-corrected chi connectivity index (χ0v) is 21.9. The van der Waals surface area contributed by atoms with Gasteiger partial charge in [-0.25, -0.2) is 0 Å². The van der Waals surface area contributed by atoms with Crippen molar-refractivity contribution < 1.29 is 44.7 Å². The van der Waals surface area contributed by atoms with Gasteiger partial charge >= 0.3 is 0 Å². The van der Waals surface area contributed by atoms with E-state index in [0.717, 1.165) is 0 Å². The van der Waals surface area contributed by atoms with Gasteiger partial charge in [0.15, 0.2) is 11.4 Å². The number of phenolic OH excluding ortho intramolecular Hbond substituents is 1. The molecule has 210 valence electrons. The molecule has 1 heterocycles. The first-order valence-corrected chi connectivity index (χ1v) is 12.8. The van der Waals surface area contributed by atoms with Crippen LogP contribution in [0.4, 0.5) is 0 Å². The number of Topliss-reactive ketones (excluding diaryl/α,β-unsaturated/α-hetero) is 2. The van der Waals surface area contributed by atoms with E-state index in [-0.39, 0.29) is 29.4 Å². The van der Waals surface area contributed by atoms with Crippen LogP contribution < -0.4 is 11.1 Å². The highest BCUT2D eigenvalue weighted by molar-refractivity contribution is 6.24. The van der Waals surface area contributed by atoms with E-state index in [4.69, 9.17) is 10.5 Å². The summed E-state index contributed by atoms with van der Waals surface area (Å²) >= 11 is 0. The molecule has 1 aliphatic heterocycles. The highest BCUT2D eigenvalue weighted by atomic mass is 16.5. The highest BCUT2D eigenvalue weighted by Gasteiger charge is 2.66. The van der Waals surface area contributed by atoms with E-state index in [2.05, 4.69) is 5.32 Å². The lowest BCUT2D eigenvalue weighted by molar-refractivity contribution is -0.159. The molecule has 8 N–H and O–H groups in total. The van der Waals surface area contributed by atoms with Crippen molar-refractivity contribution in [2.45, 2.75) is 43.1 Å². The monoisotopic (exact) mass is 543 g/mol. The van der Waals surface area contributed by atoms with Gasteiger partial charge < -0.3 is 41.3 Å². The van der Waals surface area contributed by atoms with Crippen LogP contribution in [0.2, 0.25) is 0 Å². The molecule has 12 heteroatoms. The van der Waals surface area contributed by atoms with Crippen LogP contribution in [0.15, 0.2) is 29.0 Å². The van der Waals surface area contributed by atoms with Crippen LogP contribution >= 0.6 is 0 Å². The van der Waals surface area contributed by atoms with Gasteiger partial charge in [0.25, 0.3) is 5.91 Å². The fourth-order valence-corrected chi connectivity index (χ4v) is 6.75. The number of ether oxygens (including phenoxy) is 1. The van der Waals surface area contributed by atoms with Crippen molar-refractivity contribution in [3.63, 3.8) is 0 Å². The molecule has 0 spiro atoms. The van der Waals surface area contributed by atoms with Gasteiger partial charge in [-0.15, -0.1) is 0 Å². The number of hydrogen-bond acceptors (Lipinski definition) is 11. The van der Waals surface area contributed by atoms with Crippen molar-refractivity contribution in [3.05, 3.63) is 45.7 Å². The van der Waals surface area contributed by atoms with Crippen molar-refractivity contribution >= 4 is 23.2 Å². The number of hydrogen-bond donors (Lipinski definition) is 7. The van der Waals surface area contributed by atoms with E-state index in [1.807, 2.05) is 0 Å². The fourth-order valence-electron chi connectivity index (χ4n) is 6.75. The summed E-state index contributed by atoms with van der Waals surface area (Å²) in [6.07, 6.45) is -0.175. The van der Waals surface area contributed by atoms with Crippen LogP contribution in [0.3, 0.4) is 0 Å². The molecule has 1 amide bonds. The first-order valence-electron chi connectivity index (χ1n) is 12.8. The predicted octanol–water partition coefficient (Wildman–Crippen LogP) is -0.840. The van der Waals surface area contributed by atoms with E-state index in [1.54, 1.807) is 12.1 Å². The Labute approximate surface area is 224 Å². The molecule has 0 bridgehead atoms. The van der Waals surface area contributed by atoms with E-state index in [0.29, 0.717) is 31.7 Å². The number of morpholine rings is 1. The first kappa shape index (κ1) is 27.3. The number of phenols is 1. The molecule has 1 aromatic carbocycles. The molecule has 0 aromatic heterocycles. The molecule has 0 radical (unpaired) electrons. The van der Waals surface area contributed by atoms with E-state index in [9.17, 15) is 39.9 Å². The smallest absolute Gasteiger partial charge is 0.255 e. The Morgan fingerprint density at radius 1 is 1.21 bits per heavy atom. The summed E-state index contributed by atoms with van der Waals surface area (Å²) in [5.74, 6) is -7.95. The van der Waals surface area contributed by atoms with Crippen LogP contribution in [0.5, 0.6) is 5.75 Å². The number of primary amides is 1. The second-order valence-electron chi connectivity index (χ2n) is 11.2. The second-order valence-corrected chi connectivity index (χ2v) is 11.2. The number of fused-ring (bicyclic) bond motifs is 3. The molecule has 3 aliphatic carbocycles. The average Bonchev–Trinajstić information content (AvgIpc) is 2.86. The summed E-state index contributed by atoms with van der Waals surface area (Å²) < 4.78 is 5.72. The summed E-state index contributed by atoms with van der Waals surface area (Å²) in [5.41, 5.74) is -0.163. The Morgan fingerprint density at radius 3 is 2.49 bits per heavy atom.